The monoisotopic (exact) mass is 371 g/mol. The molecule has 0 unspecified atom stereocenters. The SMILES string of the molecule is CC(C)(C)OC(=O)NCCNC(=O)C1CCN(C(=O)OC(C)(C)C)CC1. The lowest BCUT2D eigenvalue weighted by Crippen LogP contribution is -2.45. The molecule has 0 spiro atoms. The maximum atomic E-state index is 12.2. The fraction of sp³-hybridized carbons (Fsp3) is 0.833. The average Bonchev–Trinajstić information content (AvgIpc) is 2.48. The maximum absolute atomic E-state index is 12.2. The van der Waals surface area contributed by atoms with Crippen molar-refractivity contribution in [2.24, 2.45) is 5.92 Å². The molecule has 1 aliphatic rings. The zero-order valence-electron chi connectivity index (χ0n) is 16.8. The lowest BCUT2D eigenvalue weighted by molar-refractivity contribution is -0.126. The minimum absolute atomic E-state index is 0.0557. The van der Waals surface area contributed by atoms with E-state index in [1.165, 1.54) is 0 Å². The number of likely N-dealkylation sites (tertiary alicyclic amines) is 1. The van der Waals surface area contributed by atoms with Gasteiger partial charge in [-0.15, -0.1) is 0 Å². The average molecular weight is 371 g/mol. The van der Waals surface area contributed by atoms with Crippen molar-refractivity contribution in [2.45, 2.75) is 65.6 Å². The Hall–Kier alpha value is -1.99. The van der Waals surface area contributed by atoms with Crippen LogP contribution in [0.1, 0.15) is 54.4 Å². The molecule has 0 saturated carbocycles. The molecule has 1 rings (SSSR count). The van der Waals surface area contributed by atoms with Crippen molar-refractivity contribution in [3.05, 3.63) is 0 Å². The van der Waals surface area contributed by atoms with Gasteiger partial charge in [-0.1, -0.05) is 0 Å². The normalized spacial score (nSPS) is 16.0. The summed E-state index contributed by atoms with van der Waals surface area (Å²) in [6.45, 7) is 12.5. The van der Waals surface area contributed by atoms with Gasteiger partial charge in [0, 0.05) is 32.1 Å². The molecule has 1 saturated heterocycles. The van der Waals surface area contributed by atoms with Gasteiger partial charge in [0.15, 0.2) is 0 Å². The van der Waals surface area contributed by atoms with Crippen molar-refractivity contribution >= 4 is 18.1 Å². The number of piperidine rings is 1. The lowest BCUT2D eigenvalue weighted by atomic mass is 9.96. The maximum Gasteiger partial charge on any atom is 0.410 e. The number of ether oxygens (including phenoxy) is 2. The molecule has 2 N–H and O–H groups in total. The molecular weight excluding hydrogens is 338 g/mol. The van der Waals surface area contributed by atoms with E-state index in [-0.39, 0.29) is 17.9 Å². The van der Waals surface area contributed by atoms with E-state index >= 15 is 0 Å². The molecule has 3 amide bonds. The molecule has 0 aliphatic carbocycles. The molecule has 0 aromatic carbocycles. The Labute approximate surface area is 156 Å². The summed E-state index contributed by atoms with van der Waals surface area (Å²) in [6.07, 6.45) is 0.366. The second-order valence-corrected chi connectivity index (χ2v) is 8.46. The molecule has 26 heavy (non-hydrogen) atoms. The van der Waals surface area contributed by atoms with Gasteiger partial charge in [-0.3, -0.25) is 4.79 Å². The van der Waals surface area contributed by atoms with Crippen molar-refractivity contribution < 1.29 is 23.9 Å². The summed E-state index contributed by atoms with van der Waals surface area (Å²) >= 11 is 0. The number of hydrogen-bond acceptors (Lipinski definition) is 5. The topological polar surface area (TPSA) is 97.0 Å². The van der Waals surface area contributed by atoms with Gasteiger partial charge >= 0.3 is 12.2 Å². The summed E-state index contributed by atoms with van der Waals surface area (Å²) in [5.74, 6) is -0.185. The van der Waals surface area contributed by atoms with Crippen LogP contribution >= 0.6 is 0 Å². The summed E-state index contributed by atoms with van der Waals surface area (Å²) in [5.41, 5.74) is -1.07. The van der Waals surface area contributed by atoms with Crippen molar-refractivity contribution in [1.29, 1.82) is 0 Å². The molecule has 0 atom stereocenters. The highest BCUT2D eigenvalue weighted by Gasteiger charge is 2.29. The summed E-state index contributed by atoms with van der Waals surface area (Å²) in [7, 11) is 0. The predicted molar refractivity (Wildman–Crippen MR) is 97.8 cm³/mol. The fourth-order valence-electron chi connectivity index (χ4n) is 2.46. The first-order chi connectivity index (χ1) is 11.9. The van der Waals surface area contributed by atoms with Gasteiger partial charge in [0.1, 0.15) is 11.2 Å². The Morgan fingerprint density at radius 2 is 1.38 bits per heavy atom. The first kappa shape index (κ1) is 22.1. The Balaban J connectivity index is 2.24. The van der Waals surface area contributed by atoms with Crippen LogP contribution in [0.25, 0.3) is 0 Å². The highest BCUT2D eigenvalue weighted by molar-refractivity contribution is 5.79. The number of amides is 3. The fourth-order valence-corrected chi connectivity index (χ4v) is 2.46. The number of alkyl carbamates (subject to hydrolysis) is 1. The van der Waals surface area contributed by atoms with Gasteiger partial charge in [0.25, 0.3) is 0 Å². The second-order valence-electron chi connectivity index (χ2n) is 8.46. The minimum Gasteiger partial charge on any atom is -0.444 e. The van der Waals surface area contributed by atoms with Crippen LogP contribution < -0.4 is 10.6 Å². The smallest absolute Gasteiger partial charge is 0.410 e. The summed E-state index contributed by atoms with van der Waals surface area (Å²) in [5, 5.41) is 5.40. The number of nitrogens with one attached hydrogen (secondary N) is 2. The standard InChI is InChI=1S/C18H33N3O5/c1-17(2,3)25-15(23)20-10-9-19-14(22)13-7-11-21(12-8-13)16(24)26-18(4,5)6/h13H,7-12H2,1-6H3,(H,19,22)(H,20,23). The van der Waals surface area contributed by atoms with Crippen LogP contribution in [0.5, 0.6) is 0 Å². The third-order valence-electron chi connectivity index (χ3n) is 3.61. The largest absolute Gasteiger partial charge is 0.444 e. The van der Waals surface area contributed by atoms with Gasteiger partial charge in [-0.05, 0) is 54.4 Å². The molecule has 1 aliphatic heterocycles. The Bertz CT molecular complexity index is 500. The van der Waals surface area contributed by atoms with Gasteiger partial charge in [-0.2, -0.15) is 0 Å². The van der Waals surface area contributed by atoms with E-state index in [4.69, 9.17) is 9.47 Å². The molecule has 0 radical (unpaired) electrons. The predicted octanol–water partition coefficient (Wildman–Crippen LogP) is 2.27. The molecule has 150 valence electrons. The van der Waals surface area contributed by atoms with Crippen molar-refractivity contribution in [3.8, 4) is 0 Å². The number of carbonyl (C=O) groups is 3. The van der Waals surface area contributed by atoms with Crippen LogP contribution in [-0.4, -0.2) is 60.4 Å². The number of nitrogens with zero attached hydrogens (tertiary/aromatic N) is 1. The number of rotatable bonds is 4. The highest BCUT2D eigenvalue weighted by Crippen LogP contribution is 2.19. The van der Waals surface area contributed by atoms with Crippen LogP contribution in [0.3, 0.4) is 0 Å². The van der Waals surface area contributed by atoms with Crippen LogP contribution in [0.4, 0.5) is 9.59 Å². The van der Waals surface area contributed by atoms with Gasteiger partial charge in [0.05, 0.1) is 0 Å². The first-order valence-electron chi connectivity index (χ1n) is 9.10. The Kier molecular flexibility index (Phi) is 7.71. The summed E-state index contributed by atoms with van der Waals surface area (Å²) in [6, 6.07) is 0. The quantitative estimate of drug-likeness (QED) is 0.739. The van der Waals surface area contributed by atoms with E-state index in [9.17, 15) is 14.4 Å². The van der Waals surface area contributed by atoms with Gasteiger partial charge in [-0.25, -0.2) is 9.59 Å². The van der Waals surface area contributed by atoms with E-state index in [0.717, 1.165) is 0 Å². The van der Waals surface area contributed by atoms with Crippen LogP contribution in [0.2, 0.25) is 0 Å². The van der Waals surface area contributed by atoms with Crippen molar-refractivity contribution in [2.75, 3.05) is 26.2 Å². The Morgan fingerprint density at radius 1 is 0.885 bits per heavy atom. The lowest BCUT2D eigenvalue weighted by Gasteiger charge is -2.32. The first-order valence-corrected chi connectivity index (χ1v) is 9.10. The molecule has 0 aromatic rings. The van der Waals surface area contributed by atoms with Crippen LogP contribution in [0, 0.1) is 5.92 Å². The Morgan fingerprint density at radius 3 is 1.88 bits per heavy atom. The summed E-state index contributed by atoms with van der Waals surface area (Å²) < 4.78 is 10.5. The van der Waals surface area contributed by atoms with E-state index in [0.29, 0.717) is 39.0 Å². The molecule has 1 fully saturated rings. The van der Waals surface area contributed by atoms with E-state index < -0.39 is 17.3 Å². The van der Waals surface area contributed by atoms with E-state index in [1.54, 1.807) is 25.7 Å². The molecule has 0 bridgehead atoms. The van der Waals surface area contributed by atoms with Crippen molar-refractivity contribution in [1.82, 2.24) is 15.5 Å². The molecule has 8 heteroatoms. The zero-order chi connectivity index (χ0) is 20.0. The van der Waals surface area contributed by atoms with Crippen LogP contribution in [0.15, 0.2) is 0 Å². The third-order valence-corrected chi connectivity index (χ3v) is 3.61. The zero-order valence-corrected chi connectivity index (χ0v) is 16.8. The van der Waals surface area contributed by atoms with E-state index in [1.807, 2.05) is 20.8 Å². The molecule has 8 nitrogen and oxygen atoms in total. The minimum atomic E-state index is -0.546. The molecular formula is C18H33N3O5. The van der Waals surface area contributed by atoms with Crippen LogP contribution in [-0.2, 0) is 14.3 Å². The number of hydrogen-bond donors (Lipinski definition) is 2. The summed E-state index contributed by atoms with van der Waals surface area (Å²) in [4.78, 5) is 37.3. The third kappa shape index (κ3) is 8.92. The second kappa shape index (κ2) is 9.09. The van der Waals surface area contributed by atoms with Gasteiger partial charge < -0.3 is 25.0 Å². The van der Waals surface area contributed by atoms with Crippen molar-refractivity contribution in [3.63, 3.8) is 0 Å². The molecule has 0 aromatic heterocycles. The number of carbonyl (C=O) groups excluding carboxylic acids is 3. The highest BCUT2D eigenvalue weighted by atomic mass is 16.6. The van der Waals surface area contributed by atoms with E-state index in [2.05, 4.69) is 10.6 Å². The van der Waals surface area contributed by atoms with Gasteiger partial charge in [0.2, 0.25) is 5.91 Å². The molecule has 1 heterocycles.